The molecule has 1 saturated carbocycles. The molecule has 2 rings (SSSR count). The van der Waals surface area contributed by atoms with Crippen LogP contribution in [0.15, 0.2) is 6.07 Å². The highest BCUT2D eigenvalue weighted by molar-refractivity contribution is 6.17. The van der Waals surface area contributed by atoms with Crippen molar-refractivity contribution in [1.82, 2.24) is 4.98 Å². The van der Waals surface area contributed by atoms with Crippen LogP contribution in [0.25, 0.3) is 0 Å². The molecule has 3 heteroatoms. The Morgan fingerprint density at radius 1 is 1.47 bits per heavy atom. The zero-order valence-corrected chi connectivity index (χ0v) is 9.97. The normalized spacial score (nSPS) is 15.4. The summed E-state index contributed by atoms with van der Waals surface area (Å²) in [4.78, 5) is 4.40. The third-order valence-corrected chi connectivity index (χ3v) is 2.99. The van der Waals surface area contributed by atoms with Gasteiger partial charge in [-0.2, -0.15) is 0 Å². The fourth-order valence-corrected chi connectivity index (χ4v) is 1.92. The Labute approximate surface area is 95.6 Å². The van der Waals surface area contributed by atoms with E-state index in [4.69, 9.17) is 16.3 Å². The van der Waals surface area contributed by atoms with Crippen molar-refractivity contribution in [3.63, 3.8) is 0 Å². The number of hydrogen-bond acceptors (Lipinski definition) is 2. The lowest BCUT2D eigenvalue weighted by atomic mass is 10.1. The average Bonchev–Trinajstić information content (AvgIpc) is 2.97. The number of alkyl halides is 1. The van der Waals surface area contributed by atoms with Gasteiger partial charge in [0, 0.05) is 11.3 Å². The van der Waals surface area contributed by atoms with Crippen LogP contribution in [0.4, 0.5) is 0 Å². The second kappa shape index (κ2) is 4.40. The van der Waals surface area contributed by atoms with E-state index in [1.54, 1.807) is 0 Å². The number of halogens is 1. The predicted molar refractivity (Wildman–Crippen MR) is 61.5 cm³/mol. The zero-order chi connectivity index (χ0) is 10.8. The highest BCUT2D eigenvalue weighted by Crippen LogP contribution is 2.30. The second-order valence-electron chi connectivity index (χ2n) is 4.25. The summed E-state index contributed by atoms with van der Waals surface area (Å²) in [5.74, 6) is 1.95. The fraction of sp³-hybridized carbons (Fsp3) is 0.583. The molecule has 15 heavy (non-hydrogen) atoms. The maximum atomic E-state index is 5.90. The lowest BCUT2D eigenvalue weighted by Gasteiger charge is -2.11. The number of rotatable bonds is 4. The van der Waals surface area contributed by atoms with Crippen LogP contribution >= 0.6 is 11.6 Å². The van der Waals surface area contributed by atoms with Gasteiger partial charge >= 0.3 is 0 Å². The van der Waals surface area contributed by atoms with Gasteiger partial charge in [0.1, 0.15) is 0 Å². The molecule has 1 aliphatic carbocycles. The molecule has 0 unspecified atom stereocenters. The summed E-state index contributed by atoms with van der Waals surface area (Å²) in [6, 6.07) is 2.04. The summed E-state index contributed by atoms with van der Waals surface area (Å²) in [7, 11) is 0. The minimum atomic E-state index is 0.471. The van der Waals surface area contributed by atoms with E-state index in [2.05, 4.69) is 11.9 Å². The summed E-state index contributed by atoms with van der Waals surface area (Å²) in [5, 5.41) is 0. The van der Waals surface area contributed by atoms with Gasteiger partial charge in [-0.15, -0.1) is 11.6 Å². The van der Waals surface area contributed by atoms with E-state index in [0.717, 1.165) is 29.7 Å². The van der Waals surface area contributed by atoms with Crippen LogP contribution in [-0.2, 0) is 5.88 Å². The van der Waals surface area contributed by atoms with E-state index in [0.29, 0.717) is 5.88 Å². The van der Waals surface area contributed by atoms with Gasteiger partial charge < -0.3 is 4.74 Å². The molecule has 1 heterocycles. The summed E-state index contributed by atoms with van der Waals surface area (Å²) in [5.41, 5.74) is 3.19. The van der Waals surface area contributed by atoms with Crippen molar-refractivity contribution in [1.29, 1.82) is 0 Å². The predicted octanol–water partition coefficient (Wildman–Crippen LogP) is 3.23. The molecule has 82 valence electrons. The molecular formula is C12H16ClNO. The molecule has 1 aliphatic rings. The van der Waals surface area contributed by atoms with Crippen molar-refractivity contribution < 1.29 is 4.74 Å². The Morgan fingerprint density at radius 3 is 2.80 bits per heavy atom. The van der Waals surface area contributed by atoms with Gasteiger partial charge in [0.2, 0.25) is 5.88 Å². The fourth-order valence-electron chi connectivity index (χ4n) is 1.59. The van der Waals surface area contributed by atoms with Crippen molar-refractivity contribution in [2.75, 3.05) is 6.61 Å². The van der Waals surface area contributed by atoms with E-state index in [1.807, 2.05) is 13.0 Å². The first-order chi connectivity index (χ1) is 7.20. The molecule has 0 aromatic carbocycles. The Balaban J connectivity index is 2.17. The maximum Gasteiger partial charge on any atom is 0.218 e. The van der Waals surface area contributed by atoms with Crippen LogP contribution in [0, 0.1) is 19.8 Å². The summed E-state index contributed by atoms with van der Waals surface area (Å²) >= 11 is 5.90. The first kappa shape index (κ1) is 10.7. The van der Waals surface area contributed by atoms with Crippen molar-refractivity contribution >= 4 is 11.6 Å². The van der Waals surface area contributed by atoms with Crippen LogP contribution in [0.1, 0.15) is 29.7 Å². The van der Waals surface area contributed by atoms with E-state index in [-0.39, 0.29) is 0 Å². The van der Waals surface area contributed by atoms with Gasteiger partial charge in [-0.25, -0.2) is 4.98 Å². The van der Waals surface area contributed by atoms with Crippen LogP contribution in [-0.4, -0.2) is 11.6 Å². The van der Waals surface area contributed by atoms with Gasteiger partial charge in [0.05, 0.1) is 12.5 Å². The quantitative estimate of drug-likeness (QED) is 0.734. The summed E-state index contributed by atoms with van der Waals surface area (Å²) < 4.78 is 5.72. The van der Waals surface area contributed by atoms with Crippen LogP contribution in [0.3, 0.4) is 0 Å². The Morgan fingerprint density at radius 2 is 2.20 bits per heavy atom. The van der Waals surface area contributed by atoms with Gasteiger partial charge in [0.15, 0.2) is 0 Å². The smallest absolute Gasteiger partial charge is 0.218 e. The van der Waals surface area contributed by atoms with Crippen LogP contribution in [0.2, 0.25) is 0 Å². The second-order valence-corrected chi connectivity index (χ2v) is 4.52. The minimum Gasteiger partial charge on any atom is -0.477 e. The Kier molecular flexibility index (Phi) is 3.15. The largest absolute Gasteiger partial charge is 0.477 e. The average molecular weight is 226 g/mol. The molecule has 1 aromatic heterocycles. The molecule has 0 spiro atoms. The van der Waals surface area contributed by atoms with Gasteiger partial charge in [-0.3, -0.25) is 0 Å². The number of ether oxygens (including phenoxy) is 1. The molecule has 0 aliphatic heterocycles. The maximum absolute atomic E-state index is 5.90. The van der Waals surface area contributed by atoms with Gasteiger partial charge in [-0.05, 0) is 44.2 Å². The number of nitrogens with zero attached hydrogens (tertiary/aromatic N) is 1. The third kappa shape index (κ3) is 2.63. The standard InChI is InChI=1S/C12H16ClNO/c1-8-5-9(2)14-12(11(8)6-13)15-7-10-3-4-10/h5,10H,3-4,6-7H2,1-2H3. The molecule has 2 nitrogen and oxygen atoms in total. The molecule has 1 fully saturated rings. The monoisotopic (exact) mass is 225 g/mol. The molecule has 0 N–H and O–H groups in total. The molecule has 0 amide bonds. The first-order valence-corrected chi connectivity index (χ1v) is 5.90. The topological polar surface area (TPSA) is 22.1 Å². The van der Waals surface area contributed by atoms with Crippen molar-refractivity contribution in [3.05, 3.63) is 22.9 Å². The minimum absolute atomic E-state index is 0.471. The Hall–Kier alpha value is -0.760. The highest BCUT2D eigenvalue weighted by Gasteiger charge is 2.22. The molecular weight excluding hydrogens is 210 g/mol. The van der Waals surface area contributed by atoms with E-state index < -0.39 is 0 Å². The zero-order valence-electron chi connectivity index (χ0n) is 9.22. The summed E-state index contributed by atoms with van der Waals surface area (Å²) in [6.07, 6.45) is 2.59. The van der Waals surface area contributed by atoms with E-state index in [9.17, 15) is 0 Å². The van der Waals surface area contributed by atoms with Gasteiger partial charge in [-0.1, -0.05) is 0 Å². The molecule has 0 atom stereocenters. The molecule has 0 saturated heterocycles. The molecule has 0 bridgehead atoms. The van der Waals surface area contributed by atoms with Crippen molar-refractivity contribution in [2.45, 2.75) is 32.6 Å². The number of aryl methyl sites for hydroxylation is 2. The van der Waals surface area contributed by atoms with Crippen LogP contribution < -0.4 is 4.74 Å². The lowest BCUT2D eigenvalue weighted by molar-refractivity contribution is 0.285. The van der Waals surface area contributed by atoms with Gasteiger partial charge in [0.25, 0.3) is 0 Å². The summed E-state index contributed by atoms with van der Waals surface area (Å²) in [6.45, 7) is 4.82. The molecule has 0 radical (unpaired) electrons. The third-order valence-electron chi connectivity index (χ3n) is 2.72. The number of hydrogen-bond donors (Lipinski definition) is 0. The SMILES string of the molecule is Cc1cc(C)c(CCl)c(OCC2CC2)n1. The molecule has 1 aromatic rings. The number of aromatic nitrogens is 1. The highest BCUT2D eigenvalue weighted by atomic mass is 35.5. The van der Waals surface area contributed by atoms with E-state index in [1.165, 1.54) is 18.4 Å². The van der Waals surface area contributed by atoms with Crippen molar-refractivity contribution in [2.24, 2.45) is 5.92 Å². The van der Waals surface area contributed by atoms with Crippen LogP contribution in [0.5, 0.6) is 5.88 Å². The Bertz CT molecular complexity index is 361. The first-order valence-electron chi connectivity index (χ1n) is 5.36. The lowest BCUT2D eigenvalue weighted by Crippen LogP contribution is -2.05. The van der Waals surface area contributed by atoms with Crippen molar-refractivity contribution in [3.8, 4) is 5.88 Å². The van der Waals surface area contributed by atoms with E-state index >= 15 is 0 Å². The number of pyridine rings is 1.